The Labute approximate surface area is 167 Å². The van der Waals surface area contributed by atoms with Crippen LogP contribution in [-0.2, 0) is 10.1 Å². The second-order valence-electron chi connectivity index (χ2n) is 7.14. The Morgan fingerprint density at radius 3 is 1.71 bits per heavy atom. The van der Waals surface area contributed by atoms with E-state index in [1.807, 2.05) is 19.9 Å². The predicted octanol–water partition coefficient (Wildman–Crippen LogP) is 2.12. The summed E-state index contributed by atoms with van der Waals surface area (Å²) in [6, 6.07) is 7.32. The molecule has 24 heavy (non-hydrogen) atoms. The van der Waals surface area contributed by atoms with Crippen LogP contribution in [0, 0.1) is 0 Å². The van der Waals surface area contributed by atoms with Gasteiger partial charge in [0, 0.05) is 0 Å². The average molecular weight is 356 g/mol. The molecule has 0 aliphatic rings. The minimum Gasteiger partial charge on any atom is -0.744 e. The van der Waals surface area contributed by atoms with E-state index in [-0.39, 0.29) is 40.4 Å². The van der Waals surface area contributed by atoms with Gasteiger partial charge in [0.05, 0.1) is 4.90 Å². The monoisotopic (exact) mass is 356 g/mol. The summed E-state index contributed by atoms with van der Waals surface area (Å²) in [5.74, 6) is 0.803. The molecule has 0 aliphatic carbocycles. The molecule has 5 heteroatoms. The molecular formula is C19H25NaO3S. The molecule has 0 N–H and O–H groups in total. The van der Waals surface area contributed by atoms with Gasteiger partial charge in [0.1, 0.15) is 10.1 Å². The van der Waals surface area contributed by atoms with Crippen LogP contribution >= 0.6 is 0 Å². The fourth-order valence-corrected chi connectivity index (χ4v) is 3.51. The maximum Gasteiger partial charge on any atom is 1.00 e. The van der Waals surface area contributed by atoms with Crippen LogP contribution in [0.25, 0.3) is 10.8 Å². The molecule has 0 unspecified atom stereocenters. The van der Waals surface area contributed by atoms with Crippen molar-refractivity contribution in [3.63, 3.8) is 0 Å². The third kappa shape index (κ3) is 4.41. The molecule has 0 atom stereocenters. The van der Waals surface area contributed by atoms with E-state index in [0.717, 1.165) is 21.9 Å². The molecule has 0 bridgehead atoms. The van der Waals surface area contributed by atoms with Gasteiger partial charge in [-0.2, -0.15) is 0 Å². The summed E-state index contributed by atoms with van der Waals surface area (Å²) in [5, 5.41) is 1.94. The Morgan fingerprint density at radius 2 is 1.29 bits per heavy atom. The van der Waals surface area contributed by atoms with Crippen LogP contribution in [0.2, 0.25) is 0 Å². The summed E-state index contributed by atoms with van der Waals surface area (Å²) in [6.45, 7) is 12.6. The van der Waals surface area contributed by atoms with Gasteiger partial charge in [0.25, 0.3) is 0 Å². The second kappa shape index (κ2) is 7.88. The molecular weight excluding hydrogens is 331 g/mol. The van der Waals surface area contributed by atoms with Crippen LogP contribution in [0.4, 0.5) is 0 Å². The fraction of sp³-hybridized carbons (Fsp3) is 0.474. The topological polar surface area (TPSA) is 57.2 Å². The molecule has 126 valence electrons. The van der Waals surface area contributed by atoms with E-state index in [0.29, 0.717) is 11.8 Å². The first-order valence-corrected chi connectivity index (χ1v) is 9.50. The Hall–Kier alpha value is -0.390. The molecule has 2 rings (SSSR count). The molecule has 0 amide bonds. The fourth-order valence-electron chi connectivity index (χ4n) is 2.97. The normalized spacial score (nSPS) is 12.2. The summed E-state index contributed by atoms with van der Waals surface area (Å²) < 4.78 is 34.6. The largest absolute Gasteiger partial charge is 1.00 e. The molecule has 0 spiro atoms. The van der Waals surface area contributed by atoms with Gasteiger partial charge in [-0.05, 0) is 57.3 Å². The average Bonchev–Trinajstić information content (AvgIpc) is 2.43. The van der Waals surface area contributed by atoms with Crippen molar-refractivity contribution in [2.75, 3.05) is 0 Å². The van der Waals surface area contributed by atoms with Gasteiger partial charge < -0.3 is 4.55 Å². The quantitative estimate of drug-likeness (QED) is 0.623. The van der Waals surface area contributed by atoms with Crippen molar-refractivity contribution < 1.29 is 42.5 Å². The Bertz CT molecular complexity index is 837. The van der Waals surface area contributed by atoms with E-state index in [1.165, 1.54) is 11.6 Å². The maximum absolute atomic E-state index is 11.5. The van der Waals surface area contributed by atoms with Crippen LogP contribution in [0.5, 0.6) is 0 Å². The summed E-state index contributed by atoms with van der Waals surface area (Å²) in [7, 11) is -4.47. The summed E-state index contributed by atoms with van der Waals surface area (Å²) in [4.78, 5) is -0.135. The van der Waals surface area contributed by atoms with Crippen molar-refractivity contribution in [3.8, 4) is 0 Å². The van der Waals surface area contributed by atoms with Crippen molar-refractivity contribution >= 4 is 20.9 Å². The Kier molecular flexibility index (Phi) is 7.11. The predicted molar refractivity (Wildman–Crippen MR) is 94.2 cm³/mol. The molecule has 0 fully saturated rings. The zero-order valence-electron chi connectivity index (χ0n) is 15.7. The first-order chi connectivity index (χ1) is 10.5. The van der Waals surface area contributed by atoms with Crippen LogP contribution in [-0.4, -0.2) is 13.0 Å². The van der Waals surface area contributed by atoms with Crippen LogP contribution in [0.15, 0.2) is 29.2 Å². The van der Waals surface area contributed by atoms with Crippen molar-refractivity contribution in [1.29, 1.82) is 0 Å². The van der Waals surface area contributed by atoms with Crippen LogP contribution in [0.3, 0.4) is 0 Å². The van der Waals surface area contributed by atoms with Gasteiger partial charge in [-0.25, -0.2) is 8.42 Å². The van der Waals surface area contributed by atoms with Crippen molar-refractivity contribution in [1.82, 2.24) is 0 Å². The van der Waals surface area contributed by atoms with Gasteiger partial charge in [0.2, 0.25) is 0 Å². The summed E-state index contributed by atoms with van der Waals surface area (Å²) in [6.07, 6.45) is 0. The second-order valence-corrected chi connectivity index (χ2v) is 8.52. The van der Waals surface area contributed by atoms with Crippen LogP contribution in [0.1, 0.15) is 76.0 Å². The van der Waals surface area contributed by atoms with E-state index < -0.39 is 10.1 Å². The Morgan fingerprint density at radius 1 is 0.792 bits per heavy atom. The number of rotatable bonds is 4. The van der Waals surface area contributed by atoms with Gasteiger partial charge in [-0.1, -0.05) is 53.7 Å². The van der Waals surface area contributed by atoms with E-state index in [9.17, 15) is 13.0 Å². The number of benzene rings is 2. The minimum absolute atomic E-state index is 0. The zero-order valence-corrected chi connectivity index (χ0v) is 18.5. The molecule has 0 radical (unpaired) electrons. The minimum atomic E-state index is -4.47. The van der Waals surface area contributed by atoms with Gasteiger partial charge in [-0.3, -0.25) is 0 Å². The molecule has 0 aliphatic heterocycles. The number of hydrogen-bond donors (Lipinski definition) is 0. The molecule has 0 aromatic heterocycles. The van der Waals surface area contributed by atoms with E-state index >= 15 is 0 Å². The molecule has 0 saturated carbocycles. The SMILES string of the molecule is CC(C)c1cc(C(C)C)c2c(C(C)C)cc(S(=O)(=O)[O-])cc2c1.[Na+]. The smallest absolute Gasteiger partial charge is 0.744 e. The molecule has 0 heterocycles. The summed E-state index contributed by atoms with van der Waals surface area (Å²) in [5.41, 5.74) is 3.30. The molecule has 0 saturated heterocycles. The van der Waals surface area contributed by atoms with Crippen molar-refractivity contribution in [2.45, 2.75) is 64.2 Å². The molecule has 2 aromatic carbocycles. The third-order valence-corrected chi connectivity index (χ3v) is 5.12. The maximum atomic E-state index is 11.5. The molecule has 2 aromatic rings. The van der Waals surface area contributed by atoms with Gasteiger partial charge in [0.15, 0.2) is 0 Å². The van der Waals surface area contributed by atoms with Crippen molar-refractivity contribution in [3.05, 3.63) is 41.0 Å². The zero-order chi connectivity index (χ0) is 17.5. The first kappa shape index (κ1) is 21.7. The van der Waals surface area contributed by atoms with Crippen molar-refractivity contribution in [2.24, 2.45) is 0 Å². The third-order valence-electron chi connectivity index (χ3n) is 4.31. The summed E-state index contributed by atoms with van der Waals surface area (Å²) >= 11 is 0. The van der Waals surface area contributed by atoms with Gasteiger partial charge >= 0.3 is 29.6 Å². The van der Waals surface area contributed by atoms with E-state index in [2.05, 4.69) is 33.8 Å². The standard InChI is InChI=1S/C19H26O3S.Na/c1-11(2)14-7-15-8-16(23(20,21)22)10-18(13(5)6)19(15)17(9-14)12(3)4;/h7-13H,1-6H3,(H,20,21,22);/q;+1/p-1. The van der Waals surface area contributed by atoms with E-state index in [4.69, 9.17) is 0 Å². The number of hydrogen-bond acceptors (Lipinski definition) is 3. The molecule has 3 nitrogen and oxygen atoms in total. The Balaban J connectivity index is 0.00000288. The first-order valence-electron chi connectivity index (χ1n) is 8.09. The van der Waals surface area contributed by atoms with Crippen LogP contribution < -0.4 is 29.6 Å². The van der Waals surface area contributed by atoms with E-state index in [1.54, 1.807) is 6.07 Å². The number of fused-ring (bicyclic) bond motifs is 1. The van der Waals surface area contributed by atoms with Gasteiger partial charge in [-0.15, -0.1) is 0 Å².